The van der Waals surface area contributed by atoms with Gasteiger partial charge in [0.05, 0.1) is 6.10 Å². The Morgan fingerprint density at radius 3 is 2.71 bits per heavy atom. The average molecular weight is 236 g/mol. The molecular weight excluding hydrogens is 216 g/mol. The van der Waals surface area contributed by atoms with E-state index in [0.717, 1.165) is 6.42 Å². The summed E-state index contributed by atoms with van der Waals surface area (Å²) in [5.74, 6) is 0.426. The number of carbonyl (C=O) groups excluding carboxylic acids is 1. The average Bonchev–Trinajstić information content (AvgIpc) is 2.28. The molecule has 0 aliphatic carbocycles. The molecule has 0 heterocycles. The lowest BCUT2D eigenvalue weighted by atomic mass is 10.0. The first-order valence-corrected chi connectivity index (χ1v) is 6.03. The molecule has 17 heavy (non-hydrogen) atoms. The van der Waals surface area contributed by atoms with E-state index in [1.807, 2.05) is 26.8 Å². The highest BCUT2D eigenvalue weighted by Gasteiger charge is 2.16. The number of ketones is 1. The highest BCUT2D eigenvalue weighted by atomic mass is 16.5. The van der Waals surface area contributed by atoms with Crippen molar-refractivity contribution in [2.75, 3.05) is 0 Å². The molecule has 3 nitrogen and oxygen atoms in total. The minimum Gasteiger partial charge on any atom is -0.491 e. The third-order valence-electron chi connectivity index (χ3n) is 2.36. The van der Waals surface area contributed by atoms with Crippen LogP contribution in [0.1, 0.15) is 44.0 Å². The molecule has 0 radical (unpaired) electrons. The van der Waals surface area contributed by atoms with Crippen LogP contribution in [0.2, 0.25) is 0 Å². The van der Waals surface area contributed by atoms with Crippen molar-refractivity contribution in [1.29, 1.82) is 0 Å². The van der Waals surface area contributed by atoms with Crippen LogP contribution in [-0.2, 0) is 0 Å². The minimum absolute atomic E-state index is 0.0703. The molecule has 1 atom stereocenters. The maximum Gasteiger partial charge on any atom is 0.191 e. The Hall–Kier alpha value is -1.35. The summed E-state index contributed by atoms with van der Waals surface area (Å²) in [6, 6.07) is 6.96. The number of Topliss-reactive ketones (excluding diaryl/α,β-unsaturated/α-hetero) is 1. The summed E-state index contributed by atoms with van der Waals surface area (Å²) in [5.41, 5.74) is 0.504. The molecule has 1 aromatic carbocycles. The van der Waals surface area contributed by atoms with Crippen molar-refractivity contribution in [2.45, 2.75) is 45.8 Å². The molecule has 0 saturated heterocycles. The van der Waals surface area contributed by atoms with E-state index < -0.39 is 6.10 Å². The van der Waals surface area contributed by atoms with Gasteiger partial charge in [-0.1, -0.05) is 25.5 Å². The van der Waals surface area contributed by atoms with Gasteiger partial charge in [0, 0.05) is 5.56 Å². The van der Waals surface area contributed by atoms with Crippen LogP contribution in [0.5, 0.6) is 5.75 Å². The van der Waals surface area contributed by atoms with Crippen LogP contribution in [-0.4, -0.2) is 23.1 Å². The van der Waals surface area contributed by atoms with Crippen molar-refractivity contribution in [1.82, 2.24) is 0 Å². The van der Waals surface area contributed by atoms with Gasteiger partial charge in [-0.25, -0.2) is 0 Å². The maximum atomic E-state index is 11.9. The van der Waals surface area contributed by atoms with Crippen molar-refractivity contribution in [3.8, 4) is 5.75 Å². The molecule has 1 unspecified atom stereocenters. The number of benzene rings is 1. The second kappa shape index (κ2) is 6.40. The molecule has 1 rings (SSSR count). The van der Waals surface area contributed by atoms with E-state index in [2.05, 4.69) is 0 Å². The van der Waals surface area contributed by atoms with Crippen LogP contribution in [0.3, 0.4) is 0 Å². The van der Waals surface area contributed by atoms with Gasteiger partial charge in [-0.3, -0.25) is 4.79 Å². The zero-order chi connectivity index (χ0) is 12.8. The molecule has 3 heteroatoms. The third-order valence-corrected chi connectivity index (χ3v) is 2.36. The number of aliphatic hydroxyl groups excluding tert-OH is 1. The van der Waals surface area contributed by atoms with Crippen LogP contribution in [0.4, 0.5) is 0 Å². The highest BCUT2D eigenvalue weighted by Crippen LogP contribution is 2.17. The van der Waals surface area contributed by atoms with E-state index in [1.165, 1.54) is 0 Å². The summed E-state index contributed by atoms with van der Waals surface area (Å²) in [5, 5.41) is 9.65. The van der Waals surface area contributed by atoms with Gasteiger partial charge >= 0.3 is 0 Å². The predicted molar refractivity (Wildman–Crippen MR) is 67.5 cm³/mol. The highest BCUT2D eigenvalue weighted by molar-refractivity contribution is 5.99. The molecule has 0 spiro atoms. The Morgan fingerprint density at radius 2 is 2.12 bits per heavy atom. The van der Waals surface area contributed by atoms with Gasteiger partial charge < -0.3 is 9.84 Å². The van der Waals surface area contributed by atoms with Crippen molar-refractivity contribution < 1.29 is 14.6 Å². The van der Waals surface area contributed by atoms with Gasteiger partial charge in [-0.2, -0.15) is 0 Å². The summed E-state index contributed by atoms with van der Waals surface area (Å²) >= 11 is 0. The summed E-state index contributed by atoms with van der Waals surface area (Å²) in [4.78, 5) is 11.9. The van der Waals surface area contributed by atoms with Crippen LogP contribution < -0.4 is 4.74 Å². The van der Waals surface area contributed by atoms with Gasteiger partial charge in [-0.15, -0.1) is 0 Å². The van der Waals surface area contributed by atoms with E-state index in [-0.39, 0.29) is 11.9 Å². The van der Waals surface area contributed by atoms with Gasteiger partial charge in [0.25, 0.3) is 0 Å². The van der Waals surface area contributed by atoms with E-state index in [1.54, 1.807) is 18.2 Å². The normalized spacial score (nSPS) is 12.5. The first-order valence-electron chi connectivity index (χ1n) is 6.03. The molecule has 0 aromatic heterocycles. The second-order valence-electron chi connectivity index (χ2n) is 4.36. The van der Waals surface area contributed by atoms with E-state index in [0.29, 0.717) is 17.7 Å². The molecule has 0 aliphatic heterocycles. The Labute approximate surface area is 102 Å². The van der Waals surface area contributed by atoms with Crippen molar-refractivity contribution in [3.05, 3.63) is 29.8 Å². The standard InChI is InChI=1S/C14H20O3/c1-4-6-13(15)14(16)11-7-5-8-12(9-11)17-10(2)3/h5,7-10,13,15H,4,6H2,1-3H3. The molecule has 1 N–H and O–H groups in total. The fourth-order valence-electron chi connectivity index (χ4n) is 1.59. The molecular formula is C14H20O3. The van der Waals surface area contributed by atoms with Gasteiger partial charge in [0.1, 0.15) is 11.9 Å². The predicted octanol–water partition coefficient (Wildman–Crippen LogP) is 2.82. The summed E-state index contributed by atoms with van der Waals surface area (Å²) in [6.45, 7) is 5.80. The lowest BCUT2D eigenvalue weighted by Crippen LogP contribution is -2.20. The lowest BCUT2D eigenvalue weighted by Gasteiger charge is -2.12. The smallest absolute Gasteiger partial charge is 0.191 e. The Morgan fingerprint density at radius 1 is 1.41 bits per heavy atom. The SMILES string of the molecule is CCCC(O)C(=O)c1cccc(OC(C)C)c1. The summed E-state index contributed by atoms with van der Waals surface area (Å²) in [6.07, 6.45) is 0.443. The zero-order valence-corrected chi connectivity index (χ0v) is 10.6. The quantitative estimate of drug-likeness (QED) is 0.772. The minimum atomic E-state index is -0.908. The zero-order valence-electron chi connectivity index (χ0n) is 10.6. The fraction of sp³-hybridized carbons (Fsp3) is 0.500. The van der Waals surface area contributed by atoms with Crippen LogP contribution in [0.15, 0.2) is 24.3 Å². The van der Waals surface area contributed by atoms with Gasteiger partial charge in [0.2, 0.25) is 0 Å². The van der Waals surface area contributed by atoms with E-state index in [4.69, 9.17) is 4.74 Å². The first kappa shape index (κ1) is 13.7. The molecule has 1 aromatic rings. The van der Waals surface area contributed by atoms with Gasteiger partial charge in [-0.05, 0) is 32.4 Å². The molecule has 0 amide bonds. The maximum absolute atomic E-state index is 11.9. The number of rotatable bonds is 6. The summed E-state index contributed by atoms with van der Waals surface area (Å²) in [7, 11) is 0. The van der Waals surface area contributed by atoms with Crippen molar-refractivity contribution in [3.63, 3.8) is 0 Å². The molecule has 0 aliphatic rings. The second-order valence-corrected chi connectivity index (χ2v) is 4.36. The van der Waals surface area contributed by atoms with E-state index in [9.17, 15) is 9.90 Å². The third kappa shape index (κ3) is 4.19. The number of carbonyl (C=O) groups is 1. The van der Waals surface area contributed by atoms with Crippen LogP contribution in [0.25, 0.3) is 0 Å². The fourth-order valence-corrected chi connectivity index (χ4v) is 1.59. The van der Waals surface area contributed by atoms with Gasteiger partial charge in [0.15, 0.2) is 5.78 Å². The topological polar surface area (TPSA) is 46.5 Å². The number of hydrogen-bond donors (Lipinski definition) is 1. The Bertz CT molecular complexity index is 371. The van der Waals surface area contributed by atoms with Crippen LogP contribution >= 0.6 is 0 Å². The van der Waals surface area contributed by atoms with E-state index >= 15 is 0 Å². The van der Waals surface area contributed by atoms with Crippen molar-refractivity contribution >= 4 is 5.78 Å². The molecule has 0 fully saturated rings. The molecule has 0 saturated carbocycles. The number of ether oxygens (including phenoxy) is 1. The Balaban J connectivity index is 2.80. The Kier molecular flexibility index (Phi) is 5.16. The monoisotopic (exact) mass is 236 g/mol. The summed E-state index contributed by atoms with van der Waals surface area (Å²) < 4.78 is 5.51. The number of hydrogen-bond acceptors (Lipinski definition) is 3. The first-order chi connectivity index (χ1) is 8.04. The number of aliphatic hydroxyl groups is 1. The van der Waals surface area contributed by atoms with Crippen LogP contribution in [0, 0.1) is 0 Å². The van der Waals surface area contributed by atoms with Crippen molar-refractivity contribution in [2.24, 2.45) is 0 Å². The lowest BCUT2D eigenvalue weighted by molar-refractivity contribution is 0.0728. The largest absolute Gasteiger partial charge is 0.491 e. The molecule has 0 bridgehead atoms. The molecule has 94 valence electrons.